The van der Waals surface area contributed by atoms with Gasteiger partial charge >= 0.3 is 0 Å². The van der Waals surface area contributed by atoms with Crippen molar-refractivity contribution in [3.05, 3.63) is 0 Å². The van der Waals surface area contributed by atoms with Crippen LogP contribution >= 0.6 is 0 Å². The fourth-order valence-corrected chi connectivity index (χ4v) is 3.49. The molecular weight excluding hydrogens is 210 g/mol. The Morgan fingerprint density at radius 2 is 2.00 bits per heavy atom. The second-order valence-corrected chi connectivity index (χ2v) is 5.56. The number of hydrogen-bond donors (Lipinski definition) is 0. The van der Waals surface area contributed by atoms with Gasteiger partial charge in [-0.2, -0.15) is 5.26 Å². The first kappa shape index (κ1) is 12.9. The molecule has 3 unspecified atom stereocenters. The van der Waals surface area contributed by atoms with Crippen LogP contribution in [0.1, 0.15) is 39.5 Å². The van der Waals surface area contributed by atoms with E-state index in [1.165, 1.54) is 25.8 Å². The molecule has 0 bridgehead atoms. The zero-order valence-electron chi connectivity index (χ0n) is 11.2. The van der Waals surface area contributed by atoms with Crippen molar-refractivity contribution in [2.24, 2.45) is 5.92 Å². The van der Waals surface area contributed by atoms with Crippen molar-refractivity contribution in [1.29, 1.82) is 5.26 Å². The van der Waals surface area contributed by atoms with Gasteiger partial charge < -0.3 is 0 Å². The Balaban J connectivity index is 1.96. The van der Waals surface area contributed by atoms with Gasteiger partial charge in [0.1, 0.15) is 0 Å². The Kier molecular flexibility index (Phi) is 4.42. The van der Waals surface area contributed by atoms with E-state index in [1.54, 1.807) is 0 Å². The molecule has 3 atom stereocenters. The maximum atomic E-state index is 9.27. The Morgan fingerprint density at radius 1 is 1.24 bits per heavy atom. The highest BCUT2D eigenvalue weighted by Crippen LogP contribution is 2.29. The summed E-state index contributed by atoms with van der Waals surface area (Å²) in [6.07, 6.45) is 4.91. The predicted molar refractivity (Wildman–Crippen MR) is 69.6 cm³/mol. The molecule has 2 aliphatic rings. The van der Waals surface area contributed by atoms with Gasteiger partial charge in [-0.05, 0) is 26.3 Å². The minimum absolute atomic E-state index is 0.282. The first-order valence-electron chi connectivity index (χ1n) is 7.14. The Bertz CT molecular complexity index is 284. The third kappa shape index (κ3) is 2.81. The van der Waals surface area contributed by atoms with Crippen LogP contribution in [0.4, 0.5) is 0 Å². The summed E-state index contributed by atoms with van der Waals surface area (Å²) >= 11 is 0. The molecular formula is C14H25N3. The zero-order chi connectivity index (χ0) is 12.3. The van der Waals surface area contributed by atoms with E-state index in [-0.39, 0.29) is 5.92 Å². The molecule has 0 aromatic carbocycles. The molecule has 1 saturated carbocycles. The normalized spacial score (nSPS) is 36.6. The van der Waals surface area contributed by atoms with Crippen molar-refractivity contribution in [2.45, 2.75) is 51.6 Å². The molecule has 0 radical (unpaired) electrons. The molecule has 0 spiro atoms. The minimum Gasteiger partial charge on any atom is -0.298 e. The molecule has 0 amide bonds. The monoisotopic (exact) mass is 235 g/mol. The molecule has 1 heterocycles. The second kappa shape index (κ2) is 5.84. The summed E-state index contributed by atoms with van der Waals surface area (Å²) in [6.45, 7) is 9.19. The number of likely N-dealkylation sites (N-methyl/N-ethyl adjacent to an activating group) is 1. The predicted octanol–water partition coefficient (Wildman–Crippen LogP) is 2.09. The van der Waals surface area contributed by atoms with E-state index in [0.717, 1.165) is 26.1 Å². The molecule has 3 nitrogen and oxygen atoms in total. The minimum atomic E-state index is 0.282. The molecule has 3 heteroatoms. The molecule has 96 valence electrons. The van der Waals surface area contributed by atoms with Gasteiger partial charge in [-0.25, -0.2) is 0 Å². The summed E-state index contributed by atoms with van der Waals surface area (Å²) in [6, 6.07) is 3.72. The van der Waals surface area contributed by atoms with Crippen LogP contribution < -0.4 is 0 Å². The number of nitrogens with zero attached hydrogens (tertiary/aromatic N) is 3. The van der Waals surface area contributed by atoms with Crippen LogP contribution in [0.5, 0.6) is 0 Å². The number of rotatable bonds is 2. The number of piperazine rings is 1. The molecule has 1 aliphatic carbocycles. The summed E-state index contributed by atoms with van der Waals surface area (Å²) in [4.78, 5) is 5.13. The Labute approximate surface area is 105 Å². The Hall–Kier alpha value is -0.590. The molecule has 0 aromatic rings. The van der Waals surface area contributed by atoms with Crippen molar-refractivity contribution in [1.82, 2.24) is 9.80 Å². The lowest BCUT2D eigenvalue weighted by Crippen LogP contribution is -2.56. The van der Waals surface area contributed by atoms with Crippen molar-refractivity contribution < 1.29 is 0 Å². The van der Waals surface area contributed by atoms with Gasteiger partial charge in [0.2, 0.25) is 0 Å². The maximum absolute atomic E-state index is 9.27. The summed E-state index contributed by atoms with van der Waals surface area (Å²) in [5.41, 5.74) is 0. The van der Waals surface area contributed by atoms with Gasteiger partial charge in [0.15, 0.2) is 0 Å². The van der Waals surface area contributed by atoms with Crippen LogP contribution in [0, 0.1) is 17.2 Å². The first-order chi connectivity index (χ1) is 8.26. The fourth-order valence-electron chi connectivity index (χ4n) is 3.49. The van der Waals surface area contributed by atoms with Gasteiger partial charge in [0.05, 0.1) is 12.0 Å². The maximum Gasteiger partial charge on any atom is 0.0672 e. The SMILES string of the molecule is CCN1CCN(C2CCCCC2C#N)CC1C. The van der Waals surface area contributed by atoms with Crippen molar-refractivity contribution in [3.63, 3.8) is 0 Å². The summed E-state index contributed by atoms with van der Waals surface area (Å²) in [7, 11) is 0. The highest BCUT2D eigenvalue weighted by molar-refractivity contribution is 4.97. The van der Waals surface area contributed by atoms with E-state index in [4.69, 9.17) is 0 Å². The largest absolute Gasteiger partial charge is 0.298 e. The third-order valence-electron chi connectivity index (χ3n) is 4.57. The standard InChI is InChI=1S/C14H25N3/c1-3-16-8-9-17(11-12(16)2)14-7-5-4-6-13(14)10-15/h12-14H,3-9,11H2,1-2H3. The third-order valence-corrected chi connectivity index (χ3v) is 4.57. The van der Waals surface area contributed by atoms with E-state index >= 15 is 0 Å². The molecule has 2 rings (SSSR count). The van der Waals surface area contributed by atoms with Crippen LogP contribution in [-0.2, 0) is 0 Å². The fraction of sp³-hybridized carbons (Fsp3) is 0.929. The Morgan fingerprint density at radius 3 is 2.65 bits per heavy atom. The van der Waals surface area contributed by atoms with Crippen molar-refractivity contribution in [2.75, 3.05) is 26.2 Å². The van der Waals surface area contributed by atoms with Crippen LogP contribution in [-0.4, -0.2) is 48.1 Å². The van der Waals surface area contributed by atoms with E-state index in [2.05, 4.69) is 29.7 Å². The van der Waals surface area contributed by atoms with Gasteiger partial charge in [0, 0.05) is 31.7 Å². The molecule has 2 fully saturated rings. The van der Waals surface area contributed by atoms with Gasteiger partial charge in [-0.1, -0.05) is 19.8 Å². The van der Waals surface area contributed by atoms with E-state index in [1.807, 2.05) is 0 Å². The quantitative estimate of drug-likeness (QED) is 0.734. The van der Waals surface area contributed by atoms with Crippen molar-refractivity contribution >= 4 is 0 Å². The van der Waals surface area contributed by atoms with Gasteiger partial charge in [0.25, 0.3) is 0 Å². The first-order valence-corrected chi connectivity index (χ1v) is 7.14. The van der Waals surface area contributed by atoms with E-state index in [9.17, 15) is 5.26 Å². The van der Waals surface area contributed by atoms with Crippen LogP contribution in [0.25, 0.3) is 0 Å². The average Bonchev–Trinajstić information content (AvgIpc) is 2.38. The topological polar surface area (TPSA) is 30.3 Å². The smallest absolute Gasteiger partial charge is 0.0672 e. The number of hydrogen-bond acceptors (Lipinski definition) is 3. The highest BCUT2D eigenvalue weighted by Gasteiger charge is 2.33. The molecule has 0 aromatic heterocycles. The van der Waals surface area contributed by atoms with Gasteiger partial charge in [-0.15, -0.1) is 0 Å². The van der Waals surface area contributed by atoms with Gasteiger partial charge in [-0.3, -0.25) is 9.80 Å². The van der Waals surface area contributed by atoms with E-state index in [0.29, 0.717) is 12.1 Å². The summed E-state index contributed by atoms with van der Waals surface area (Å²) in [5, 5.41) is 9.27. The number of nitriles is 1. The summed E-state index contributed by atoms with van der Waals surface area (Å²) < 4.78 is 0. The molecule has 1 saturated heterocycles. The van der Waals surface area contributed by atoms with Crippen LogP contribution in [0.3, 0.4) is 0 Å². The lowest BCUT2D eigenvalue weighted by Gasteiger charge is -2.45. The lowest BCUT2D eigenvalue weighted by atomic mass is 9.84. The summed E-state index contributed by atoms with van der Waals surface area (Å²) in [5.74, 6) is 0.282. The van der Waals surface area contributed by atoms with Crippen LogP contribution in [0.15, 0.2) is 0 Å². The highest BCUT2D eigenvalue weighted by atomic mass is 15.3. The average molecular weight is 235 g/mol. The van der Waals surface area contributed by atoms with Crippen LogP contribution in [0.2, 0.25) is 0 Å². The van der Waals surface area contributed by atoms with Crippen molar-refractivity contribution in [3.8, 4) is 6.07 Å². The molecule has 17 heavy (non-hydrogen) atoms. The van der Waals surface area contributed by atoms with E-state index < -0.39 is 0 Å². The molecule has 0 N–H and O–H groups in total. The molecule has 1 aliphatic heterocycles. The second-order valence-electron chi connectivity index (χ2n) is 5.56. The lowest BCUT2D eigenvalue weighted by molar-refractivity contribution is 0.0341. The zero-order valence-corrected chi connectivity index (χ0v) is 11.2.